The summed E-state index contributed by atoms with van der Waals surface area (Å²) in [6.45, 7) is 1.94. The average molecular weight is 386 g/mol. The smallest absolute Gasteiger partial charge is 0.368 e. The number of hydrogen-bond acceptors (Lipinski definition) is 4. The second kappa shape index (κ2) is 7.80. The lowest BCUT2D eigenvalue weighted by Gasteiger charge is -2.31. The van der Waals surface area contributed by atoms with Gasteiger partial charge in [-0.1, -0.05) is 41.9 Å². The SMILES string of the molecule is Cc1c(Cl)nc(C(F)(F)F)nc1NCC1CCCC(c2ccccc2)O1. The third-order valence-corrected chi connectivity index (χ3v) is 4.73. The van der Waals surface area contributed by atoms with E-state index in [1.54, 1.807) is 6.92 Å². The highest BCUT2D eigenvalue weighted by Gasteiger charge is 2.36. The molecule has 3 rings (SSSR count). The van der Waals surface area contributed by atoms with E-state index in [1.807, 2.05) is 30.3 Å². The molecule has 2 unspecified atom stereocenters. The molecule has 1 N–H and O–H groups in total. The van der Waals surface area contributed by atoms with E-state index in [9.17, 15) is 13.2 Å². The van der Waals surface area contributed by atoms with Crippen molar-refractivity contribution in [1.29, 1.82) is 0 Å². The molecule has 1 aromatic heterocycles. The zero-order chi connectivity index (χ0) is 18.7. The van der Waals surface area contributed by atoms with Crippen LogP contribution in [0.1, 0.15) is 42.3 Å². The van der Waals surface area contributed by atoms with Crippen molar-refractivity contribution in [2.75, 3.05) is 11.9 Å². The minimum Gasteiger partial charge on any atom is -0.368 e. The molecule has 0 bridgehead atoms. The van der Waals surface area contributed by atoms with Gasteiger partial charge >= 0.3 is 6.18 Å². The first-order chi connectivity index (χ1) is 12.3. The third-order valence-electron chi connectivity index (χ3n) is 4.36. The van der Waals surface area contributed by atoms with E-state index >= 15 is 0 Å². The van der Waals surface area contributed by atoms with E-state index in [1.165, 1.54) is 0 Å². The Morgan fingerprint density at radius 3 is 2.62 bits per heavy atom. The summed E-state index contributed by atoms with van der Waals surface area (Å²) in [6, 6.07) is 9.91. The predicted octanol–water partition coefficient (Wildman–Crippen LogP) is 5.18. The Balaban J connectivity index is 1.68. The molecule has 0 aliphatic carbocycles. The summed E-state index contributed by atoms with van der Waals surface area (Å²) >= 11 is 5.83. The second-order valence-corrected chi connectivity index (χ2v) is 6.64. The Hall–Kier alpha value is -1.86. The fraction of sp³-hybridized carbons (Fsp3) is 0.444. The van der Waals surface area contributed by atoms with Gasteiger partial charge in [0.05, 0.1) is 12.2 Å². The van der Waals surface area contributed by atoms with Gasteiger partial charge in [-0.15, -0.1) is 0 Å². The minimum absolute atomic E-state index is 0.00225. The van der Waals surface area contributed by atoms with Gasteiger partial charge in [-0.3, -0.25) is 0 Å². The van der Waals surface area contributed by atoms with Gasteiger partial charge in [0.25, 0.3) is 0 Å². The molecule has 2 heterocycles. The lowest BCUT2D eigenvalue weighted by molar-refractivity contribution is -0.144. The fourth-order valence-corrected chi connectivity index (χ4v) is 3.13. The maximum atomic E-state index is 12.9. The Morgan fingerprint density at radius 2 is 1.92 bits per heavy atom. The molecule has 0 radical (unpaired) electrons. The fourth-order valence-electron chi connectivity index (χ4n) is 2.96. The number of nitrogens with zero attached hydrogens (tertiary/aromatic N) is 2. The van der Waals surface area contributed by atoms with Gasteiger partial charge in [0, 0.05) is 12.1 Å². The average Bonchev–Trinajstić information content (AvgIpc) is 2.63. The monoisotopic (exact) mass is 385 g/mol. The van der Waals surface area contributed by atoms with Crippen LogP contribution in [0.4, 0.5) is 19.0 Å². The highest BCUT2D eigenvalue weighted by atomic mass is 35.5. The van der Waals surface area contributed by atoms with Crippen LogP contribution in [0.25, 0.3) is 0 Å². The molecule has 8 heteroatoms. The number of anilines is 1. The Bertz CT molecular complexity index is 755. The molecule has 0 saturated carbocycles. The van der Waals surface area contributed by atoms with Crippen LogP contribution < -0.4 is 5.32 Å². The number of benzene rings is 1. The first-order valence-corrected chi connectivity index (χ1v) is 8.78. The molecule has 2 atom stereocenters. The second-order valence-electron chi connectivity index (χ2n) is 6.28. The molecule has 2 aromatic rings. The van der Waals surface area contributed by atoms with E-state index in [2.05, 4.69) is 15.3 Å². The van der Waals surface area contributed by atoms with Crippen molar-refractivity contribution in [2.24, 2.45) is 0 Å². The Kier molecular flexibility index (Phi) is 5.67. The standard InChI is InChI=1S/C18H19ClF3N3O/c1-11-15(19)24-17(18(20,21)22)25-16(11)23-10-13-8-5-9-14(26-13)12-6-3-2-4-7-12/h2-4,6-7,13-14H,5,8-10H2,1H3,(H,23,24,25). The molecule has 1 aliphatic rings. The lowest BCUT2D eigenvalue weighted by Crippen LogP contribution is -2.29. The molecule has 1 saturated heterocycles. The molecule has 1 aliphatic heterocycles. The topological polar surface area (TPSA) is 47.0 Å². The van der Waals surface area contributed by atoms with Crippen molar-refractivity contribution in [3.63, 3.8) is 0 Å². The Labute approximate surface area is 154 Å². The molecule has 26 heavy (non-hydrogen) atoms. The number of aromatic nitrogens is 2. The minimum atomic E-state index is -4.65. The highest BCUT2D eigenvalue weighted by molar-refractivity contribution is 6.30. The van der Waals surface area contributed by atoms with Gasteiger partial charge in [0.1, 0.15) is 11.0 Å². The zero-order valence-electron chi connectivity index (χ0n) is 14.2. The van der Waals surface area contributed by atoms with Crippen LogP contribution >= 0.6 is 11.6 Å². The summed E-state index contributed by atoms with van der Waals surface area (Å²) in [7, 11) is 0. The largest absolute Gasteiger partial charge is 0.451 e. The van der Waals surface area contributed by atoms with Gasteiger partial charge < -0.3 is 10.1 Å². The first-order valence-electron chi connectivity index (χ1n) is 8.40. The molecule has 0 spiro atoms. The number of nitrogens with one attached hydrogen (secondary N) is 1. The van der Waals surface area contributed by atoms with Crippen molar-refractivity contribution in [2.45, 2.75) is 44.6 Å². The maximum Gasteiger partial charge on any atom is 0.451 e. The van der Waals surface area contributed by atoms with Gasteiger partial charge in [-0.25, -0.2) is 9.97 Å². The number of rotatable bonds is 4. The Morgan fingerprint density at radius 1 is 1.19 bits per heavy atom. The van der Waals surface area contributed by atoms with Gasteiger partial charge in [-0.05, 0) is 31.7 Å². The summed E-state index contributed by atoms with van der Waals surface area (Å²) in [4.78, 5) is 6.89. The molecule has 0 amide bonds. The summed E-state index contributed by atoms with van der Waals surface area (Å²) in [6.07, 6.45) is -2.01. The molecule has 4 nitrogen and oxygen atoms in total. The summed E-state index contributed by atoms with van der Waals surface area (Å²) in [5, 5.41) is 2.74. The van der Waals surface area contributed by atoms with Crippen LogP contribution in [-0.4, -0.2) is 22.6 Å². The summed E-state index contributed by atoms with van der Waals surface area (Å²) in [5.41, 5.74) is 1.49. The third kappa shape index (κ3) is 4.45. The van der Waals surface area contributed by atoms with Crippen molar-refractivity contribution >= 4 is 17.4 Å². The van der Waals surface area contributed by atoms with Crippen LogP contribution in [0.2, 0.25) is 5.15 Å². The van der Waals surface area contributed by atoms with Crippen LogP contribution in [0.5, 0.6) is 0 Å². The maximum absolute atomic E-state index is 12.9. The number of alkyl halides is 3. The molecular formula is C18H19ClF3N3O. The van der Waals surface area contributed by atoms with Crippen LogP contribution in [-0.2, 0) is 10.9 Å². The van der Waals surface area contributed by atoms with E-state index in [-0.39, 0.29) is 23.2 Å². The van der Waals surface area contributed by atoms with E-state index < -0.39 is 12.0 Å². The van der Waals surface area contributed by atoms with E-state index in [0.29, 0.717) is 12.1 Å². The molecule has 140 valence electrons. The van der Waals surface area contributed by atoms with Crippen LogP contribution in [0.3, 0.4) is 0 Å². The number of ether oxygens (including phenoxy) is 1. The number of hydrogen-bond donors (Lipinski definition) is 1. The van der Waals surface area contributed by atoms with Crippen molar-refractivity contribution < 1.29 is 17.9 Å². The summed E-state index contributed by atoms with van der Waals surface area (Å²) in [5.74, 6) is -1.16. The van der Waals surface area contributed by atoms with Crippen LogP contribution in [0, 0.1) is 6.92 Å². The lowest BCUT2D eigenvalue weighted by atomic mass is 9.98. The molecular weight excluding hydrogens is 367 g/mol. The molecule has 1 fully saturated rings. The van der Waals surface area contributed by atoms with Crippen molar-refractivity contribution in [3.05, 3.63) is 52.4 Å². The van der Waals surface area contributed by atoms with Gasteiger partial charge in [0.2, 0.25) is 5.82 Å². The number of halogens is 4. The predicted molar refractivity (Wildman–Crippen MR) is 93.2 cm³/mol. The zero-order valence-corrected chi connectivity index (χ0v) is 14.9. The van der Waals surface area contributed by atoms with Crippen LogP contribution in [0.15, 0.2) is 30.3 Å². The van der Waals surface area contributed by atoms with Gasteiger partial charge in [-0.2, -0.15) is 13.2 Å². The van der Waals surface area contributed by atoms with Crippen molar-refractivity contribution in [1.82, 2.24) is 9.97 Å². The molecule has 1 aromatic carbocycles. The van der Waals surface area contributed by atoms with Crippen molar-refractivity contribution in [3.8, 4) is 0 Å². The normalized spacial score (nSPS) is 20.8. The van der Waals surface area contributed by atoms with E-state index in [0.717, 1.165) is 24.8 Å². The quantitative estimate of drug-likeness (QED) is 0.737. The van der Waals surface area contributed by atoms with E-state index in [4.69, 9.17) is 16.3 Å². The van der Waals surface area contributed by atoms with Gasteiger partial charge in [0.15, 0.2) is 0 Å². The summed E-state index contributed by atoms with van der Waals surface area (Å²) < 4.78 is 44.7. The first kappa shape index (κ1) is 18.9. The highest BCUT2D eigenvalue weighted by Crippen LogP contribution is 2.32.